The Kier molecular flexibility index (Phi) is 6.82. The van der Waals surface area contributed by atoms with Gasteiger partial charge in [-0.05, 0) is 38.1 Å². The standard InChI is InChI=1S/C20H19NO6/c1-13(22)15-5-3-7-17(9-15)21-19(24)11-27-20(25)12-26-18-8-4-6-16(10-18)14(2)23/h3-10H,11-12H2,1-2H3,(H,21,24). The van der Waals surface area contributed by atoms with E-state index in [2.05, 4.69) is 5.32 Å². The molecule has 0 aliphatic heterocycles. The monoisotopic (exact) mass is 369 g/mol. The van der Waals surface area contributed by atoms with Gasteiger partial charge in [0, 0.05) is 16.8 Å². The van der Waals surface area contributed by atoms with Gasteiger partial charge >= 0.3 is 5.97 Å². The summed E-state index contributed by atoms with van der Waals surface area (Å²) >= 11 is 0. The van der Waals surface area contributed by atoms with Gasteiger partial charge in [-0.15, -0.1) is 0 Å². The first-order chi connectivity index (χ1) is 12.8. The lowest BCUT2D eigenvalue weighted by atomic mass is 10.1. The Morgan fingerprint density at radius 1 is 0.852 bits per heavy atom. The second-order valence-corrected chi connectivity index (χ2v) is 5.72. The summed E-state index contributed by atoms with van der Waals surface area (Å²) in [5.74, 6) is -1.15. The predicted octanol–water partition coefficient (Wildman–Crippen LogP) is 2.65. The molecule has 7 heteroatoms. The summed E-state index contributed by atoms with van der Waals surface area (Å²) in [6, 6.07) is 12.8. The summed E-state index contributed by atoms with van der Waals surface area (Å²) in [6.07, 6.45) is 0. The minimum absolute atomic E-state index is 0.117. The average molecular weight is 369 g/mol. The molecule has 2 aromatic carbocycles. The van der Waals surface area contributed by atoms with Crippen molar-refractivity contribution in [3.05, 3.63) is 59.7 Å². The Balaban J connectivity index is 1.79. The van der Waals surface area contributed by atoms with Crippen molar-refractivity contribution in [1.82, 2.24) is 0 Å². The van der Waals surface area contributed by atoms with Gasteiger partial charge in [-0.1, -0.05) is 24.3 Å². The first-order valence-electron chi connectivity index (χ1n) is 8.15. The Labute approximate surface area is 156 Å². The van der Waals surface area contributed by atoms with Gasteiger partial charge < -0.3 is 14.8 Å². The van der Waals surface area contributed by atoms with Crippen molar-refractivity contribution in [1.29, 1.82) is 0 Å². The minimum Gasteiger partial charge on any atom is -0.482 e. The van der Waals surface area contributed by atoms with E-state index in [1.54, 1.807) is 36.4 Å². The number of ketones is 2. The van der Waals surface area contributed by atoms with E-state index in [-0.39, 0.29) is 11.6 Å². The van der Waals surface area contributed by atoms with Crippen LogP contribution in [0, 0.1) is 0 Å². The zero-order valence-corrected chi connectivity index (χ0v) is 15.0. The number of anilines is 1. The molecule has 1 amide bonds. The van der Waals surface area contributed by atoms with E-state index in [1.165, 1.54) is 26.0 Å². The van der Waals surface area contributed by atoms with Crippen LogP contribution in [0.4, 0.5) is 5.69 Å². The maximum absolute atomic E-state index is 11.8. The van der Waals surface area contributed by atoms with Gasteiger partial charge in [0.25, 0.3) is 5.91 Å². The van der Waals surface area contributed by atoms with Gasteiger partial charge in [-0.2, -0.15) is 0 Å². The topological polar surface area (TPSA) is 98.8 Å². The number of nitrogens with one attached hydrogen (secondary N) is 1. The number of carbonyl (C=O) groups excluding carboxylic acids is 4. The second-order valence-electron chi connectivity index (χ2n) is 5.72. The largest absolute Gasteiger partial charge is 0.482 e. The highest BCUT2D eigenvalue weighted by atomic mass is 16.6. The zero-order valence-electron chi connectivity index (χ0n) is 15.0. The Bertz CT molecular complexity index is 874. The molecule has 140 valence electrons. The summed E-state index contributed by atoms with van der Waals surface area (Å²) < 4.78 is 10.1. The highest BCUT2D eigenvalue weighted by Gasteiger charge is 2.10. The normalized spacial score (nSPS) is 10.0. The molecule has 2 rings (SSSR count). The number of benzene rings is 2. The number of Topliss-reactive ketones (excluding diaryl/α,β-unsaturated/α-hetero) is 2. The highest BCUT2D eigenvalue weighted by molar-refractivity contribution is 5.97. The molecule has 1 N–H and O–H groups in total. The van der Waals surface area contributed by atoms with Crippen molar-refractivity contribution in [3.8, 4) is 5.75 Å². The van der Waals surface area contributed by atoms with Crippen molar-refractivity contribution >= 4 is 29.1 Å². The smallest absolute Gasteiger partial charge is 0.344 e. The van der Waals surface area contributed by atoms with Crippen LogP contribution in [0.3, 0.4) is 0 Å². The molecule has 0 aliphatic rings. The number of ether oxygens (including phenoxy) is 2. The third-order valence-corrected chi connectivity index (χ3v) is 3.51. The van der Waals surface area contributed by atoms with Crippen LogP contribution in [0.15, 0.2) is 48.5 Å². The molecular weight excluding hydrogens is 350 g/mol. The van der Waals surface area contributed by atoms with Crippen LogP contribution < -0.4 is 10.1 Å². The molecular formula is C20H19NO6. The van der Waals surface area contributed by atoms with Crippen molar-refractivity contribution < 1.29 is 28.7 Å². The van der Waals surface area contributed by atoms with Crippen molar-refractivity contribution in [2.24, 2.45) is 0 Å². The van der Waals surface area contributed by atoms with E-state index in [0.717, 1.165) is 0 Å². The lowest BCUT2D eigenvalue weighted by molar-refractivity contribution is -0.149. The fourth-order valence-corrected chi connectivity index (χ4v) is 2.15. The maximum Gasteiger partial charge on any atom is 0.344 e. The molecule has 0 aromatic heterocycles. The van der Waals surface area contributed by atoms with E-state index < -0.39 is 25.1 Å². The zero-order chi connectivity index (χ0) is 19.8. The molecule has 0 radical (unpaired) electrons. The summed E-state index contributed by atoms with van der Waals surface area (Å²) in [7, 11) is 0. The molecule has 0 unspecified atom stereocenters. The first-order valence-corrected chi connectivity index (χ1v) is 8.15. The molecule has 27 heavy (non-hydrogen) atoms. The van der Waals surface area contributed by atoms with Crippen molar-refractivity contribution in [2.45, 2.75) is 13.8 Å². The van der Waals surface area contributed by atoms with Crippen LogP contribution in [0.1, 0.15) is 34.6 Å². The fourth-order valence-electron chi connectivity index (χ4n) is 2.15. The number of carbonyl (C=O) groups is 4. The van der Waals surface area contributed by atoms with E-state index in [4.69, 9.17) is 9.47 Å². The lowest BCUT2D eigenvalue weighted by Gasteiger charge is -2.09. The number of esters is 1. The SMILES string of the molecule is CC(=O)c1cccc(NC(=O)COC(=O)COc2cccc(C(C)=O)c2)c1. The summed E-state index contributed by atoms with van der Waals surface area (Å²) in [5.41, 5.74) is 1.36. The lowest BCUT2D eigenvalue weighted by Crippen LogP contribution is -2.23. The highest BCUT2D eigenvalue weighted by Crippen LogP contribution is 2.14. The molecule has 0 atom stereocenters. The van der Waals surface area contributed by atoms with Crippen LogP contribution >= 0.6 is 0 Å². The molecule has 7 nitrogen and oxygen atoms in total. The van der Waals surface area contributed by atoms with Gasteiger partial charge in [0.05, 0.1) is 0 Å². The van der Waals surface area contributed by atoms with E-state index in [1.807, 2.05) is 0 Å². The molecule has 0 aliphatic carbocycles. The third kappa shape index (κ3) is 6.39. The molecule has 0 heterocycles. The van der Waals surface area contributed by atoms with E-state index in [9.17, 15) is 19.2 Å². The Morgan fingerprint density at radius 2 is 1.48 bits per heavy atom. The van der Waals surface area contributed by atoms with Gasteiger partial charge in [0.15, 0.2) is 24.8 Å². The van der Waals surface area contributed by atoms with Crippen LogP contribution in [0.2, 0.25) is 0 Å². The van der Waals surface area contributed by atoms with Crippen molar-refractivity contribution in [2.75, 3.05) is 18.5 Å². The molecule has 0 bridgehead atoms. The van der Waals surface area contributed by atoms with E-state index in [0.29, 0.717) is 22.6 Å². The number of hydrogen-bond donors (Lipinski definition) is 1. The van der Waals surface area contributed by atoms with Gasteiger partial charge in [0.1, 0.15) is 5.75 Å². The summed E-state index contributed by atoms with van der Waals surface area (Å²) in [4.78, 5) is 46.2. The van der Waals surface area contributed by atoms with Crippen LogP contribution in [-0.2, 0) is 14.3 Å². The quantitative estimate of drug-likeness (QED) is 0.567. The Hall–Kier alpha value is -3.48. The molecule has 0 spiro atoms. The molecule has 0 saturated heterocycles. The Morgan fingerprint density at radius 3 is 2.15 bits per heavy atom. The fraction of sp³-hybridized carbons (Fsp3) is 0.200. The van der Waals surface area contributed by atoms with Crippen LogP contribution in [0.25, 0.3) is 0 Å². The number of hydrogen-bond acceptors (Lipinski definition) is 6. The van der Waals surface area contributed by atoms with Gasteiger partial charge in [-0.3, -0.25) is 14.4 Å². The maximum atomic E-state index is 11.8. The second kappa shape index (κ2) is 9.28. The van der Waals surface area contributed by atoms with E-state index >= 15 is 0 Å². The summed E-state index contributed by atoms with van der Waals surface area (Å²) in [6.45, 7) is 1.97. The third-order valence-electron chi connectivity index (χ3n) is 3.51. The van der Waals surface area contributed by atoms with Crippen LogP contribution in [-0.4, -0.2) is 36.7 Å². The van der Waals surface area contributed by atoms with Gasteiger partial charge in [-0.25, -0.2) is 4.79 Å². The molecule has 2 aromatic rings. The predicted molar refractivity (Wildman–Crippen MR) is 98.0 cm³/mol. The molecule has 0 fully saturated rings. The summed E-state index contributed by atoms with van der Waals surface area (Å²) in [5, 5.41) is 2.54. The minimum atomic E-state index is -0.726. The number of rotatable bonds is 8. The molecule has 0 saturated carbocycles. The average Bonchev–Trinajstić information content (AvgIpc) is 2.65. The van der Waals surface area contributed by atoms with Crippen LogP contribution in [0.5, 0.6) is 5.75 Å². The van der Waals surface area contributed by atoms with Gasteiger partial charge in [0.2, 0.25) is 0 Å². The number of amides is 1. The van der Waals surface area contributed by atoms with Crippen molar-refractivity contribution in [3.63, 3.8) is 0 Å². The first kappa shape index (κ1) is 19.8.